The molecule has 19 heavy (non-hydrogen) atoms. The minimum Gasteiger partial charge on any atom is -0.413 e. The van der Waals surface area contributed by atoms with Gasteiger partial charge in [-0.1, -0.05) is 47.6 Å². The molecule has 0 aromatic heterocycles. The number of carbonyl (C=O) groups excluding carboxylic acids is 1. The Morgan fingerprint density at radius 3 is 1.95 bits per heavy atom. The van der Waals surface area contributed by atoms with Crippen LogP contribution >= 0.6 is 0 Å². The Labute approximate surface area is 120 Å². The van der Waals surface area contributed by atoms with Gasteiger partial charge in [-0.15, -0.1) is 6.58 Å². The molecule has 0 rings (SSSR count). The van der Waals surface area contributed by atoms with E-state index in [9.17, 15) is 4.79 Å². The standard InChI is InChI=1S/C16H32O2Si/c1-8-13(6)16(14(7)15(17)9-2)18-19(10-3,11-4)12-5/h8,13-14,16H,1,9-12H2,2-7H3/t13-,14-,16+/m0/s1. The monoisotopic (exact) mass is 284 g/mol. The number of ketones is 1. The first kappa shape index (κ1) is 18.6. The van der Waals surface area contributed by atoms with Crippen LogP contribution in [0.1, 0.15) is 48.0 Å². The Balaban J connectivity index is 5.15. The van der Waals surface area contributed by atoms with Crippen LogP contribution in [0.25, 0.3) is 0 Å². The quantitative estimate of drug-likeness (QED) is 0.425. The molecule has 0 heterocycles. The lowest BCUT2D eigenvalue weighted by atomic mass is 9.89. The fraction of sp³-hybridized carbons (Fsp3) is 0.812. The third-order valence-electron chi connectivity index (χ3n) is 4.56. The highest BCUT2D eigenvalue weighted by molar-refractivity contribution is 6.73. The second kappa shape index (κ2) is 8.70. The summed E-state index contributed by atoms with van der Waals surface area (Å²) >= 11 is 0. The first-order valence-corrected chi connectivity index (χ1v) is 10.3. The molecule has 2 nitrogen and oxygen atoms in total. The van der Waals surface area contributed by atoms with Crippen LogP contribution in [0.5, 0.6) is 0 Å². The molecule has 112 valence electrons. The van der Waals surface area contributed by atoms with Crippen molar-refractivity contribution in [2.24, 2.45) is 11.8 Å². The van der Waals surface area contributed by atoms with Crippen LogP contribution in [-0.4, -0.2) is 20.2 Å². The molecule has 0 fully saturated rings. The molecule has 3 heteroatoms. The van der Waals surface area contributed by atoms with Gasteiger partial charge >= 0.3 is 0 Å². The first-order valence-electron chi connectivity index (χ1n) is 7.74. The maximum absolute atomic E-state index is 12.0. The molecule has 0 amide bonds. The van der Waals surface area contributed by atoms with E-state index in [4.69, 9.17) is 4.43 Å². The average molecular weight is 285 g/mol. The second-order valence-electron chi connectivity index (χ2n) is 5.53. The predicted octanol–water partition coefficient (Wildman–Crippen LogP) is 4.81. The van der Waals surface area contributed by atoms with Crippen molar-refractivity contribution >= 4 is 14.1 Å². The van der Waals surface area contributed by atoms with Crippen molar-refractivity contribution in [2.45, 2.75) is 72.2 Å². The molecule has 0 N–H and O–H groups in total. The molecule has 0 aromatic carbocycles. The van der Waals surface area contributed by atoms with Gasteiger partial charge in [0.15, 0.2) is 8.32 Å². The molecule has 0 aliphatic carbocycles. The Hall–Kier alpha value is -0.413. The number of rotatable bonds is 10. The Morgan fingerprint density at radius 2 is 1.63 bits per heavy atom. The van der Waals surface area contributed by atoms with Crippen molar-refractivity contribution in [3.05, 3.63) is 12.7 Å². The van der Waals surface area contributed by atoms with Gasteiger partial charge in [0.05, 0.1) is 6.10 Å². The maximum Gasteiger partial charge on any atom is 0.192 e. The molecular weight excluding hydrogens is 252 g/mol. The summed E-state index contributed by atoms with van der Waals surface area (Å²) in [5.41, 5.74) is 0. The van der Waals surface area contributed by atoms with Crippen molar-refractivity contribution in [3.8, 4) is 0 Å². The fourth-order valence-electron chi connectivity index (χ4n) is 2.59. The van der Waals surface area contributed by atoms with Crippen LogP contribution < -0.4 is 0 Å². The van der Waals surface area contributed by atoms with Gasteiger partial charge < -0.3 is 4.43 Å². The van der Waals surface area contributed by atoms with E-state index in [-0.39, 0.29) is 17.9 Å². The van der Waals surface area contributed by atoms with Crippen molar-refractivity contribution < 1.29 is 9.22 Å². The Bertz CT molecular complexity index is 276. The molecule has 0 saturated heterocycles. The van der Waals surface area contributed by atoms with Crippen LogP contribution in [0.4, 0.5) is 0 Å². The lowest BCUT2D eigenvalue weighted by molar-refractivity contribution is -0.125. The summed E-state index contributed by atoms with van der Waals surface area (Å²) < 4.78 is 6.57. The first-order chi connectivity index (χ1) is 8.91. The normalized spacial score (nSPS) is 16.7. The third kappa shape index (κ3) is 4.88. The highest BCUT2D eigenvalue weighted by Gasteiger charge is 2.37. The van der Waals surface area contributed by atoms with Crippen molar-refractivity contribution in [1.82, 2.24) is 0 Å². The molecule has 0 aromatic rings. The lowest BCUT2D eigenvalue weighted by Gasteiger charge is -2.37. The van der Waals surface area contributed by atoms with E-state index in [1.807, 2.05) is 19.9 Å². The third-order valence-corrected chi connectivity index (χ3v) is 9.20. The zero-order chi connectivity index (χ0) is 15.1. The summed E-state index contributed by atoms with van der Waals surface area (Å²) in [6.07, 6.45) is 2.50. The molecule has 0 spiro atoms. The Kier molecular flexibility index (Phi) is 8.51. The van der Waals surface area contributed by atoms with Gasteiger partial charge in [0.2, 0.25) is 0 Å². The van der Waals surface area contributed by atoms with E-state index in [1.165, 1.54) is 0 Å². The largest absolute Gasteiger partial charge is 0.413 e. The van der Waals surface area contributed by atoms with Gasteiger partial charge in [-0.2, -0.15) is 0 Å². The maximum atomic E-state index is 12.0. The molecule has 0 unspecified atom stereocenters. The molecule has 0 bridgehead atoms. The van der Waals surface area contributed by atoms with E-state index in [0.29, 0.717) is 12.2 Å². The van der Waals surface area contributed by atoms with Crippen LogP contribution in [0.15, 0.2) is 12.7 Å². The fourth-order valence-corrected chi connectivity index (χ4v) is 5.59. The van der Waals surface area contributed by atoms with Crippen molar-refractivity contribution in [2.75, 3.05) is 0 Å². The van der Waals surface area contributed by atoms with Gasteiger partial charge in [0.1, 0.15) is 5.78 Å². The number of hydrogen-bond donors (Lipinski definition) is 0. The number of hydrogen-bond acceptors (Lipinski definition) is 2. The Morgan fingerprint density at radius 1 is 1.16 bits per heavy atom. The van der Waals surface area contributed by atoms with Crippen LogP contribution in [0, 0.1) is 11.8 Å². The summed E-state index contributed by atoms with van der Waals surface area (Å²) in [4.78, 5) is 12.0. The zero-order valence-corrected chi connectivity index (χ0v) is 14.7. The summed E-state index contributed by atoms with van der Waals surface area (Å²) in [6.45, 7) is 16.6. The lowest BCUT2D eigenvalue weighted by Crippen LogP contribution is -2.45. The van der Waals surface area contributed by atoms with Gasteiger partial charge in [-0.3, -0.25) is 4.79 Å². The highest BCUT2D eigenvalue weighted by atomic mass is 28.4. The van der Waals surface area contributed by atoms with Crippen LogP contribution in [0.3, 0.4) is 0 Å². The van der Waals surface area contributed by atoms with Crippen molar-refractivity contribution in [1.29, 1.82) is 0 Å². The minimum atomic E-state index is -1.68. The van der Waals surface area contributed by atoms with Gasteiger partial charge in [0, 0.05) is 12.3 Å². The van der Waals surface area contributed by atoms with Crippen LogP contribution in [-0.2, 0) is 9.22 Å². The molecular formula is C16H32O2Si. The van der Waals surface area contributed by atoms with E-state index in [1.54, 1.807) is 0 Å². The number of carbonyl (C=O) groups is 1. The highest BCUT2D eigenvalue weighted by Crippen LogP contribution is 2.30. The zero-order valence-electron chi connectivity index (χ0n) is 13.7. The van der Waals surface area contributed by atoms with Crippen molar-refractivity contribution in [3.63, 3.8) is 0 Å². The summed E-state index contributed by atoms with van der Waals surface area (Å²) in [5.74, 6) is 0.487. The van der Waals surface area contributed by atoms with E-state index < -0.39 is 8.32 Å². The second-order valence-corrected chi connectivity index (χ2v) is 10.3. The van der Waals surface area contributed by atoms with E-state index >= 15 is 0 Å². The summed E-state index contributed by atoms with van der Waals surface area (Å²) in [7, 11) is -1.68. The van der Waals surface area contributed by atoms with Gasteiger partial charge in [0.25, 0.3) is 0 Å². The smallest absolute Gasteiger partial charge is 0.192 e. The molecule has 0 aliphatic heterocycles. The van der Waals surface area contributed by atoms with Gasteiger partial charge in [-0.25, -0.2) is 0 Å². The molecule has 0 radical (unpaired) electrons. The molecule has 0 aliphatic rings. The van der Waals surface area contributed by atoms with Gasteiger partial charge in [-0.05, 0) is 24.1 Å². The topological polar surface area (TPSA) is 26.3 Å². The SMILES string of the molecule is C=C[C@H](C)[C@@H](O[Si](CC)(CC)CC)[C@@H](C)C(=O)CC. The van der Waals surface area contributed by atoms with Crippen LogP contribution in [0.2, 0.25) is 18.1 Å². The summed E-state index contributed by atoms with van der Waals surface area (Å²) in [6, 6.07) is 3.36. The minimum absolute atomic E-state index is 0.00327. The average Bonchev–Trinajstić information content (AvgIpc) is 2.47. The van der Waals surface area contributed by atoms with E-state index in [0.717, 1.165) is 18.1 Å². The van der Waals surface area contributed by atoms with E-state index in [2.05, 4.69) is 34.3 Å². The molecule has 0 saturated carbocycles. The summed E-state index contributed by atoms with van der Waals surface area (Å²) in [5, 5.41) is 0. The number of Topliss-reactive ketones (excluding diaryl/α,β-unsaturated/α-hetero) is 1. The molecule has 3 atom stereocenters. The predicted molar refractivity (Wildman–Crippen MR) is 85.9 cm³/mol.